The predicted molar refractivity (Wildman–Crippen MR) is 49.5 cm³/mol. The zero-order valence-corrected chi connectivity index (χ0v) is 8.00. The molecule has 0 bridgehead atoms. The summed E-state index contributed by atoms with van der Waals surface area (Å²) in [6.45, 7) is 7.05. The summed E-state index contributed by atoms with van der Waals surface area (Å²) in [6.07, 6.45) is 1.92. The molecule has 3 heteroatoms. The van der Waals surface area contributed by atoms with E-state index in [1.807, 2.05) is 18.2 Å². The van der Waals surface area contributed by atoms with Crippen LogP contribution in [-0.2, 0) is 5.54 Å². The van der Waals surface area contributed by atoms with Gasteiger partial charge in [0.15, 0.2) is 0 Å². The molecule has 12 heavy (non-hydrogen) atoms. The van der Waals surface area contributed by atoms with Crippen molar-refractivity contribution in [3.05, 3.63) is 39.9 Å². The van der Waals surface area contributed by atoms with Gasteiger partial charge in [-0.05, 0) is 28.1 Å². The molecule has 1 aromatic heterocycles. The molecule has 0 spiro atoms. The van der Waals surface area contributed by atoms with Crippen LogP contribution in [0.5, 0.6) is 0 Å². The van der Waals surface area contributed by atoms with Gasteiger partial charge in [-0.2, -0.15) is 0 Å². The summed E-state index contributed by atoms with van der Waals surface area (Å²) >= 11 is 3.30. The molecule has 0 atom stereocenters. The van der Waals surface area contributed by atoms with Crippen molar-refractivity contribution < 1.29 is 0 Å². The molecule has 0 N–H and O–H groups in total. The maximum absolute atomic E-state index is 7.05. The van der Waals surface area contributed by atoms with E-state index in [-0.39, 0.29) is 5.54 Å². The van der Waals surface area contributed by atoms with Gasteiger partial charge in [0.1, 0.15) is 10.3 Å². The van der Waals surface area contributed by atoms with E-state index in [2.05, 4.69) is 25.8 Å². The fourth-order valence-electron chi connectivity index (χ4n) is 1.21. The largest absolute Gasteiger partial charge is 0.303 e. The Morgan fingerprint density at radius 1 is 1.50 bits per heavy atom. The predicted octanol–water partition coefficient (Wildman–Crippen LogP) is 2.75. The Bertz CT molecular complexity index is 350. The highest BCUT2D eigenvalue weighted by Gasteiger charge is 2.53. The van der Waals surface area contributed by atoms with Crippen LogP contribution in [0.3, 0.4) is 0 Å². The van der Waals surface area contributed by atoms with Gasteiger partial charge in [0.25, 0.3) is 5.54 Å². The lowest BCUT2D eigenvalue weighted by Gasteiger charge is -2.00. The second-order valence-corrected chi connectivity index (χ2v) is 3.80. The van der Waals surface area contributed by atoms with Gasteiger partial charge >= 0.3 is 0 Å². The smallest absolute Gasteiger partial charge is 0.274 e. The first kappa shape index (κ1) is 7.75. The SMILES string of the molecule is [C-]#[N+]C1(c2cccc(Br)n2)CC1. The van der Waals surface area contributed by atoms with E-state index in [0.717, 1.165) is 23.1 Å². The van der Waals surface area contributed by atoms with Crippen molar-refractivity contribution in [1.82, 2.24) is 4.98 Å². The van der Waals surface area contributed by atoms with E-state index in [4.69, 9.17) is 6.57 Å². The Morgan fingerprint density at radius 3 is 2.75 bits per heavy atom. The van der Waals surface area contributed by atoms with Crippen LogP contribution in [0, 0.1) is 6.57 Å². The van der Waals surface area contributed by atoms with Crippen LogP contribution in [0.15, 0.2) is 22.8 Å². The quantitative estimate of drug-likeness (QED) is 0.528. The fourth-order valence-corrected chi connectivity index (χ4v) is 1.55. The first-order chi connectivity index (χ1) is 5.77. The number of nitrogens with zero attached hydrogens (tertiary/aromatic N) is 2. The van der Waals surface area contributed by atoms with Crippen molar-refractivity contribution in [1.29, 1.82) is 0 Å². The van der Waals surface area contributed by atoms with E-state index in [0.29, 0.717) is 0 Å². The van der Waals surface area contributed by atoms with E-state index >= 15 is 0 Å². The van der Waals surface area contributed by atoms with Crippen molar-refractivity contribution in [2.45, 2.75) is 18.4 Å². The highest BCUT2D eigenvalue weighted by Crippen LogP contribution is 2.48. The fraction of sp³-hybridized carbons (Fsp3) is 0.333. The summed E-state index contributed by atoms with van der Waals surface area (Å²) < 4.78 is 0.815. The van der Waals surface area contributed by atoms with Crippen LogP contribution in [0.4, 0.5) is 0 Å². The van der Waals surface area contributed by atoms with Crippen LogP contribution < -0.4 is 0 Å². The van der Waals surface area contributed by atoms with Gasteiger partial charge in [0, 0.05) is 12.8 Å². The van der Waals surface area contributed by atoms with E-state index < -0.39 is 0 Å². The summed E-state index contributed by atoms with van der Waals surface area (Å²) in [5.41, 5.74) is 0.635. The third-order valence-corrected chi connectivity index (χ3v) is 2.57. The Labute approximate surface area is 79.6 Å². The molecule has 0 amide bonds. The molecule has 1 aliphatic carbocycles. The molecule has 1 aliphatic rings. The molecule has 1 fully saturated rings. The molecular weight excluding hydrogens is 216 g/mol. The van der Waals surface area contributed by atoms with E-state index in [1.165, 1.54) is 0 Å². The molecule has 1 saturated carbocycles. The number of pyridine rings is 1. The van der Waals surface area contributed by atoms with Crippen molar-refractivity contribution in [3.8, 4) is 0 Å². The summed E-state index contributed by atoms with van der Waals surface area (Å²) in [5.74, 6) is 0. The lowest BCUT2D eigenvalue weighted by atomic mass is 10.2. The molecular formula is C9H7BrN2. The molecule has 60 valence electrons. The molecule has 0 unspecified atom stereocenters. The molecule has 0 saturated heterocycles. The van der Waals surface area contributed by atoms with Gasteiger partial charge in [-0.25, -0.2) is 11.6 Å². The van der Waals surface area contributed by atoms with Gasteiger partial charge in [-0.15, -0.1) is 0 Å². The van der Waals surface area contributed by atoms with Crippen molar-refractivity contribution in [2.75, 3.05) is 0 Å². The minimum Gasteiger partial charge on any atom is -0.303 e. The zero-order chi connectivity index (χ0) is 8.60. The average molecular weight is 223 g/mol. The Kier molecular flexibility index (Phi) is 1.66. The third kappa shape index (κ3) is 1.12. The number of aromatic nitrogens is 1. The molecule has 1 heterocycles. The Morgan fingerprint density at radius 2 is 2.25 bits per heavy atom. The van der Waals surface area contributed by atoms with Gasteiger partial charge < -0.3 is 4.85 Å². The number of hydrogen-bond acceptors (Lipinski definition) is 1. The van der Waals surface area contributed by atoms with E-state index in [1.54, 1.807) is 0 Å². The minimum atomic E-state index is -0.274. The van der Waals surface area contributed by atoms with Crippen molar-refractivity contribution >= 4 is 15.9 Å². The highest BCUT2D eigenvalue weighted by atomic mass is 79.9. The third-order valence-electron chi connectivity index (χ3n) is 2.13. The number of halogens is 1. The van der Waals surface area contributed by atoms with Crippen LogP contribution in [0.25, 0.3) is 4.85 Å². The molecule has 2 nitrogen and oxygen atoms in total. The Balaban J connectivity index is 2.42. The van der Waals surface area contributed by atoms with Gasteiger partial charge in [0.2, 0.25) is 0 Å². The molecule has 2 rings (SSSR count). The van der Waals surface area contributed by atoms with Crippen LogP contribution in [0.1, 0.15) is 18.5 Å². The molecule has 1 aromatic rings. The van der Waals surface area contributed by atoms with Crippen LogP contribution in [0.2, 0.25) is 0 Å². The first-order valence-electron chi connectivity index (χ1n) is 3.78. The number of hydrogen-bond donors (Lipinski definition) is 0. The topological polar surface area (TPSA) is 17.2 Å². The summed E-state index contributed by atoms with van der Waals surface area (Å²) in [6, 6.07) is 5.73. The van der Waals surface area contributed by atoms with Crippen molar-refractivity contribution in [2.24, 2.45) is 0 Å². The first-order valence-corrected chi connectivity index (χ1v) is 4.58. The summed E-state index contributed by atoms with van der Waals surface area (Å²) in [5, 5.41) is 0. The van der Waals surface area contributed by atoms with Crippen LogP contribution in [-0.4, -0.2) is 4.98 Å². The highest BCUT2D eigenvalue weighted by molar-refractivity contribution is 9.10. The van der Waals surface area contributed by atoms with E-state index in [9.17, 15) is 0 Å². The standard InChI is InChI=1S/C9H7BrN2/c1-11-9(5-6-9)7-3-2-4-8(10)12-7/h2-4H,5-6H2. The lowest BCUT2D eigenvalue weighted by molar-refractivity contribution is 0.828. The van der Waals surface area contributed by atoms with Gasteiger partial charge in [-0.1, -0.05) is 6.07 Å². The maximum Gasteiger partial charge on any atom is 0.274 e. The monoisotopic (exact) mass is 222 g/mol. The minimum absolute atomic E-state index is 0.274. The average Bonchev–Trinajstić information content (AvgIpc) is 2.84. The van der Waals surface area contributed by atoms with Gasteiger partial charge in [-0.3, -0.25) is 0 Å². The molecule has 0 aromatic carbocycles. The van der Waals surface area contributed by atoms with Crippen LogP contribution >= 0.6 is 15.9 Å². The zero-order valence-electron chi connectivity index (χ0n) is 6.42. The maximum atomic E-state index is 7.05. The Hall–Kier alpha value is -0.880. The molecule has 0 aliphatic heterocycles. The normalized spacial score (nSPS) is 18.3. The summed E-state index contributed by atoms with van der Waals surface area (Å²) in [7, 11) is 0. The van der Waals surface area contributed by atoms with Crippen molar-refractivity contribution in [3.63, 3.8) is 0 Å². The summed E-state index contributed by atoms with van der Waals surface area (Å²) in [4.78, 5) is 7.89. The lowest BCUT2D eigenvalue weighted by Crippen LogP contribution is -2.02. The second-order valence-electron chi connectivity index (χ2n) is 2.99. The molecule has 0 radical (unpaired) electrons. The number of rotatable bonds is 1. The van der Waals surface area contributed by atoms with Gasteiger partial charge in [0.05, 0.1) is 0 Å². The second kappa shape index (κ2) is 2.56.